The Bertz CT molecular complexity index is 838. The zero-order valence-electron chi connectivity index (χ0n) is 13.7. The van der Waals surface area contributed by atoms with Crippen molar-refractivity contribution in [1.82, 2.24) is 15.3 Å². The number of hydrogen-bond acceptors (Lipinski definition) is 7. The number of nitrogens with zero attached hydrogens (tertiary/aromatic N) is 2. The third-order valence-electron chi connectivity index (χ3n) is 3.50. The number of hydrogen-bond donors (Lipinski definition) is 5. The number of carbonyl (C=O) groups excluding carboxylic acids is 1. The maximum atomic E-state index is 12.2. The van der Waals surface area contributed by atoms with Crippen LogP contribution in [0.15, 0.2) is 26.4 Å². The molecule has 0 saturated carbocycles. The van der Waals surface area contributed by atoms with Crippen LogP contribution in [0.5, 0.6) is 11.5 Å². The van der Waals surface area contributed by atoms with E-state index in [0.29, 0.717) is 39.2 Å². The van der Waals surface area contributed by atoms with E-state index < -0.39 is 5.91 Å². The second kappa shape index (κ2) is 8.90. The lowest BCUT2D eigenvalue weighted by molar-refractivity contribution is -0.115. The predicted molar refractivity (Wildman–Crippen MR) is 103 cm³/mol. The fraction of sp³-hybridized carbons (Fsp3) is 0.267. The van der Waals surface area contributed by atoms with Crippen molar-refractivity contribution in [3.05, 3.63) is 32.5 Å². The highest BCUT2D eigenvalue weighted by atomic mass is 79.9. The fourth-order valence-electron chi connectivity index (χ4n) is 2.22. The summed E-state index contributed by atoms with van der Waals surface area (Å²) in [5, 5.41) is 25.1. The number of nitrogens with one attached hydrogen (secondary N) is 2. The summed E-state index contributed by atoms with van der Waals surface area (Å²) in [6.07, 6.45) is 1.98. The first-order chi connectivity index (χ1) is 12.4. The number of imidazole rings is 1. The highest BCUT2D eigenvalue weighted by Crippen LogP contribution is 2.42. The van der Waals surface area contributed by atoms with Crippen molar-refractivity contribution in [2.75, 3.05) is 19.4 Å². The minimum Gasteiger partial charge on any atom is -0.506 e. The van der Waals surface area contributed by atoms with E-state index in [1.54, 1.807) is 12.3 Å². The van der Waals surface area contributed by atoms with Gasteiger partial charge in [0, 0.05) is 30.6 Å². The van der Waals surface area contributed by atoms with E-state index in [0.717, 1.165) is 5.69 Å². The molecule has 0 aliphatic carbocycles. The van der Waals surface area contributed by atoms with Gasteiger partial charge in [0.15, 0.2) is 11.7 Å². The Balaban J connectivity index is 2.03. The second-order valence-electron chi connectivity index (χ2n) is 5.24. The minimum absolute atomic E-state index is 0.0770. The molecule has 9 nitrogen and oxygen atoms in total. The van der Waals surface area contributed by atoms with Crippen LogP contribution in [0, 0.1) is 0 Å². The van der Waals surface area contributed by atoms with Gasteiger partial charge in [0.2, 0.25) is 0 Å². The molecule has 0 unspecified atom stereocenters. The first kappa shape index (κ1) is 20.0. The van der Waals surface area contributed by atoms with E-state index in [4.69, 9.17) is 10.5 Å². The molecule has 0 fully saturated rings. The van der Waals surface area contributed by atoms with E-state index in [1.807, 2.05) is 0 Å². The third kappa shape index (κ3) is 4.67. The predicted octanol–water partition coefficient (Wildman–Crippen LogP) is 1.96. The first-order valence-electron chi connectivity index (χ1n) is 7.39. The van der Waals surface area contributed by atoms with Crippen LogP contribution in [0.4, 0.5) is 5.95 Å². The van der Waals surface area contributed by atoms with Gasteiger partial charge in [-0.05, 0) is 37.9 Å². The summed E-state index contributed by atoms with van der Waals surface area (Å²) < 4.78 is 6.07. The lowest BCUT2D eigenvalue weighted by Crippen LogP contribution is -2.33. The normalized spacial score (nSPS) is 11.4. The zero-order chi connectivity index (χ0) is 19.3. The van der Waals surface area contributed by atoms with Gasteiger partial charge in [-0.2, -0.15) is 0 Å². The summed E-state index contributed by atoms with van der Waals surface area (Å²) >= 11 is 6.56. The number of benzene rings is 1. The molecule has 0 radical (unpaired) electrons. The molecule has 1 aromatic carbocycles. The molecular formula is C15H17Br2N5O4. The summed E-state index contributed by atoms with van der Waals surface area (Å²) in [5.74, 6) is 0.0569. The van der Waals surface area contributed by atoms with Crippen molar-refractivity contribution in [1.29, 1.82) is 0 Å². The number of aromatic hydroxyl groups is 1. The van der Waals surface area contributed by atoms with Gasteiger partial charge < -0.3 is 31.1 Å². The number of nitrogens with two attached hydrogens (primary N) is 1. The van der Waals surface area contributed by atoms with Crippen molar-refractivity contribution >= 4 is 49.4 Å². The molecule has 0 aliphatic heterocycles. The van der Waals surface area contributed by atoms with E-state index in [2.05, 4.69) is 52.3 Å². The molecule has 6 N–H and O–H groups in total. The van der Waals surface area contributed by atoms with Crippen LogP contribution in [-0.2, 0) is 17.6 Å². The molecule has 0 atom stereocenters. The average molecular weight is 491 g/mol. The summed E-state index contributed by atoms with van der Waals surface area (Å²) in [6, 6.07) is 1.59. The van der Waals surface area contributed by atoms with Gasteiger partial charge in [-0.15, -0.1) is 0 Å². The van der Waals surface area contributed by atoms with Crippen molar-refractivity contribution in [3.8, 4) is 11.5 Å². The number of carbonyl (C=O) groups is 1. The van der Waals surface area contributed by atoms with E-state index >= 15 is 0 Å². The lowest BCUT2D eigenvalue weighted by atomic mass is 10.1. The number of anilines is 1. The van der Waals surface area contributed by atoms with Gasteiger partial charge >= 0.3 is 0 Å². The van der Waals surface area contributed by atoms with Gasteiger partial charge in [0.1, 0.15) is 15.9 Å². The number of halogens is 2. The number of methoxy groups -OCH3 is 1. The number of aromatic nitrogens is 2. The van der Waals surface area contributed by atoms with Gasteiger partial charge in [0.05, 0.1) is 17.8 Å². The van der Waals surface area contributed by atoms with Crippen LogP contribution in [0.3, 0.4) is 0 Å². The molecule has 2 rings (SSSR count). The molecule has 1 amide bonds. The van der Waals surface area contributed by atoms with Crippen molar-refractivity contribution in [2.24, 2.45) is 5.16 Å². The largest absolute Gasteiger partial charge is 0.506 e. The van der Waals surface area contributed by atoms with Gasteiger partial charge in [-0.1, -0.05) is 5.16 Å². The highest BCUT2D eigenvalue weighted by molar-refractivity contribution is 9.11. The first-order valence-corrected chi connectivity index (χ1v) is 8.98. The SMILES string of the molecule is COc1c(Br)cc(C/C(=N\O)C(=O)NCCc2cnc(N)[nH]2)c(O)c1Br. The quantitative estimate of drug-likeness (QED) is 0.228. The van der Waals surface area contributed by atoms with E-state index in [1.165, 1.54) is 7.11 Å². The number of phenolic OH excluding ortho intramolecular Hbond substituents is 1. The van der Waals surface area contributed by atoms with Crippen molar-refractivity contribution < 1.29 is 19.8 Å². The number of nitrogen functional groups attached to an aromatic ring is 1. The third-order valence-corrected chi connectivity index (χ3v) is 4.83. The molecule has 2 aromatic rings. The monoisotopic (exact) mass is 489 g/mol. The average Bonchev–Trinajstić information content (AvgIpc) is 3.02. The van der Waals surface area contributed by atoms with Crippen LogP contribution in [-0.4, -0.2) is 45.6 Å². The number of aromatic amines is 1. The fourth-order valence-corrected chi connectivity index (χ4v) is 3.75. The minimum atomic E-state index is -0.553. The maximum absolute atomic E-state index is 12.2. The Kier molecular flexibility index (Phi) is 6.86. The molecular weight excluding hydrogens is 474 g/mol. The number of oxime groups is 1. The second-order valence-corrected chi connectivity index (χ2v) is 6.88. The van der Waals surface area contributed by atoms with Crippen molar-refractivity contribution in [2.45, 2.75) is 12.8 Å². The Morgan fingerprint density at radius 2 is 2.23 bits per heavy atom. The molecule has 0 aliphatic rings. The number of rotatable bonds is 7. The molecule has 140 valence electrons. The Hall–Kier alpha value is -2.27. The Labute approximate surface area is 165 Å². The molecule has 0 bridgehead atoms. The Morgan fingerprint density at radius 1 is 1.50 bits per heavy atom. The van der Waals surface area contributed by atoms with Crippen LogP contribution < -0.4 is 15.8 Å². The zero-order valence-corrected chi connectivity index (χ0v) is 16.9. The molecule has 11 heteroatoms. The number of amides is 1. The van der Waals surface area contributed by atoms with Gasteiger partial charge in [-0.25, -0.2) is 4.98 Å². The Morgan fingerprint density at radius 3 is 2.81 bits per heavy atom. The highest BCUT2D eigenvalue weighted by Gasteiger charge is 2.20. The lowest BCUT2D eigenvalue weighted by Gasteiger charge is -2.13. The van der Waals surface area contributed by atoms with E-state index in [9.17, 15) is 15.1 Å². The smallest absolute Gasteiger partial charge is 0.269 e. The van der Waals surface area contributed by atoms with Crippen LogP contribution in [0.25, 0.3) is 0 Å². The summed E-state index contributed by atoms with van der Waals surface area (Å²) in [6.45, 7) is 0.293. The molecule has 0 spiro atoms. The van der Waals surface area contributed by atoms with Crippen LogP contribution >= 0.6 is 31.9 Å². The number of H-pyrrole nitrogens is 1. The standard InChI is InChI=1S/C15H17Br2N5O4/c1-26-13-9(16)4-7(12(23)11(13)17)5-10(22-25)14(24)19-3-2-8-6-20-15(18)21-8/h4,6,23,25H,2-3,5H2,1H3,(H,19,24)(H3,18,20,21)/b22-10+. The molecule has 1 heterocycles. The summed E-state index contributed by atoms with van der Waals surface area (Å²) in [7, 11) is 1.46. The molecule has 26 heavy (non-hydrogen) atoms. The molecule has 0 saturated heterocycles. The van der Waals surface area contributed by atoms with Crippen molar-refractivity contribution in [3.63, 3.8) is 0 Å². The molecule has 1 aromatic heterocycles. The summed E-state index contributed by atoms with van der Waals surface area (Å²) in [5.41, 5.74) is 6.49. The number of ether oxygens (including phenoxy) is 1. The summed E-state index contributed by atoms with van der Waals surface area (Å²) in [4.78, 5) is 18.9. The topological polar surface area (TPSA) is 146 Å². The van der Waals surface area contributed by atoms with Gasteiger partial charge in [-0.3, -0.25) is 4.79 Å². The van der Waals surface area contributed by atoms with E-state index in [-0.39, 0.29) is 17.9 Å². The maximum Gasteiger partial charge on any atom is 0.269 e. The number of phenols is 1. The van der Waals surface area contributed by atoms with Crippen LogP contribution in [0.1, 0.15) is 11.3 Å². The van der Waals surface area contributed by atoms with Gasteiger partial charge in [0.25, 0.3) is 5.91 Å². The van der Waals surface area contributed by atoms with Crippen LogP contribution in [0.2, 0.25) is 0 Å².